The highest BCUT2D eigenvalue weighted by Gasteiger charge is 2.51. The molecule has 108 valence electrons. The van der Waals surface area contributed by atoms with Crippen LogP contribution in [0, 0.1) is 0 Å². The first kappa shape index (κ1) is 13.1. The summed E-state index contributed by atoms with van der Waals surface area (Å²) < 4.78 is 5.37. The SMILES string of the molecule is CC(C)(C)OC(=O)N1CC2(CNc3ccc(O)cc32)C1. The van der Waals surface area contributed by atoms with Gasteiger partial charge in [0.15, 0.2) is 0 Å². The molecule has 5 heteroatoms. The Morgan fingerprint density at radius 2 is 2.10 bits per heavy atom. The fourth-order valence-corrected chi connectivity index (χ4v) is 2.91. The lowest BCUT2D eigenvalue weighted by Crippen LogP contribution is -2.62. The molecule has 0 bridgehead atoms. The fraction of sp³-hybridized carbons (Fsp3) is 0.533. The van der Waals surface area contributed by atoms with Crippen molar-refractivity contribution in [1.29, 1.82) is 0 Å². The molecule has 0 unspecified atom stereocenters. The van der Waals surface area contributed by atoms with E-state index in [1.165, 1.54) is 0 Å². The van der Waals surface area contributed by atoms with E-state index in [9.17, 15) is 9.90 Å². The van der Waals surface area contributed by atoms with Gasteiger partial charge in [0.25, 0.3) is 0 Å². The number of phenolic OH excluding ortho intramolecular Hbond substituents is 1. The van der Waals surface area contributed by atoms with E-state index in [-0.39, 0.29) is 17.3 Å². The highest BCUT2D eigenvalue weighted by Crippen LogP contribution is 2.44. The zero-order valence-corrected chi connectivity index (χ0v) is 12.1. The van der Waals surface area contributed by atoms with E-state index in [1.54, 1.807) is 17.0 Å². The summed E-state index contributed by atoms with van der Waals surface area (Å²) in [6, 6.07) is 5.35. The van der Waals surface area contributed by atoms with E-state index >= 15 is 0 Å². The lowest BCUT2D eigenvalue weighted by molar-refractivity contribution is -0.00629. The molecule has 1 amide bonds. The molecule has 1 spiro atoms. The van der Waals surface area contributed by atoms with E-state index < -0.39 is 5.60 Å². The van der Waals surface area contributed by atoms with Gasteiger partial charge < -0.3 is 20.1 Å². The smallest absolute Gasteiger partial charge is 0.410 e. The van der Waals surface area contributed by atoms with E-state index in [2.05, 4.69) is 5.32 Å². The van der Waals surface area contributed by atoms with Crippen LogP contribution in [-0.4, -0.2) is 41.3 Å². The zero-order valence-electron chi connectivity index (χ0n) is 12.1. The number of hydrogen-bond donors (Lipinski definition) is 2. The van der Waals surface area contributed by atoms with E-state index in [1.807, 2.05) is 26.8 Å². The first-order valence-corrected chi connectivity index (χ1v) is 6.84. The third kappa shape index (κ3) is 2.07. The van der Waals surface area contributed by atoms with Gasteiger partial charge in [-0.2, -0.15) is 0 Å². The average Bonchev–Trinajstić information content (AvgIpc) is 2.63. The molecule has 20 heavy (non-hydrogen) atoms. The van der Waals surface area contributed by atoms with Gasteiger partial charge in [0.1, 0.15) is 11.4 Å². The standard InChI is InChI=1S/C15H20N2O3/c1-14(2,3)20-13(19)17-8-15(9-17)7-16-12-5-4-10(18)6-11(12)15/h4-6,16,18H,7-9H2,1-3H3. The number of nitrogens with zero attached hydrogens (tertiary/aromatic N) is 1. The molecule has 2 N–H and O–H groups in total. The minimum atomic E-state index is -0.468. The van der Waals surface area contributed by atoms with E-state index in [0.29, 0.717) is 13.1 Å². The summed E-state index contributed by atoms with van der Waals surface area (Å²) in [5, 5.41) is 13.0. The van der Waals surface area contributed by atoms with Crippen LogP contribution in [0.25, 0.3) is 0 Å². The van der Waals surface area contributed by atoms with Crippen LogP contribution in [-0.2, 0) is 10.2 Å². The predicted octanol–water partition coefficient (Wildman–Crippen LogP) is 2.31. The number of aromatic hydroxyl groups is 1. The Kier molecular flexibility index (Phi) is 2.64. The normalized spacial score (nSPS) is 19.2. The summed E-state index contributed by atoms with van der Waals surface area (Å²) in [6.07, 6.45) is -0.267. The van der Waals surface area contributed by atoms with Crippen molar-refractivity contribution in [3.05, 3.63) is 23.8 Å². The number of benzene rings is 1. The second-order valence-corrected chi connectivity index (χ2v) is 6.70. The van der Waals surface area contributed by atoms with Crippen molar-refractivity contribution in [3.8, 4) is 5.75 Å². The topological polar surface area (TPSA) is 61.8 Å². The van der Waals surface area contributed by atoms with Gasteiger partial charge in [-0.25, -0.2) is 4.79 Å². The number of ether oxygens (including phenoxy) is 1. The summed E-state index contributed by atoms with van der Waals surface area (Å²) in [5.41, 5.74) is 1.60. The van der Waals surface area contributed by atoms with Gasteiger partial charge >= 0.3 is 6.09 Å². The van der Waals surface area contributed by atoms with Crippen molar-refractivity contribution in [3.63, 3.8) is 0 Å². The number of carbonyl (C=O) groups excluding carboxylic acids is 1. The van der Waals surface area contributed by atoms with Gasteiger partial charge in [0.05, 0.1) is 5.41 Å². The molecule has 3 rings (SSSR count). The summed E-state index contributed by atoms with van der Waals surface area (Å²) in [4.78, 5) is 13.7. The maximum absolute atomic E-state index is 12.0. The molecule has 0 radical (unpaired) electrons. The Bertz CT molecular complexity index is 557. The third-order valence-corrected chi connectivity index (χ3v) is 3.83. The molecule has 1 fully saturated rings. The minimum Gasteiger partial charge on any atom is -0.508 e. The quantitative estimate of drug-likeness (QED) is 0.714. The van der Waals surface area contributed by atoms with Crippen molar-refractivity contribution in [2.45, 2.75) is 31.8 Å². The predicted molar refractivity (Wildman–Crippen MR) is 76.1 cm³/mol. The van der Waals surface area contributed by atoms with Crippen molar-refractivity contribution in [2.24, 2.45) is 0 Å². The molecule has 1 saturated heterocycles. The van der Waals surface area contributed by atoms with Crippen molar-refractivity contribution in [2.75, 3.05) is 25.0 Å². The number of likely N-dealkylation sites (tertiary alicyclic amines) is 1. The second-order valence-electron chi connectivity index (χ2n) is 6.70. The molecule has 2 aliphatic rings. The van der Waals surface area contributed by atoms with Crippen LogP contribution in [0.3, 0.4) is 0 Å². The molecule has 1 aromatic rings. The molecular formula is C15H20N2O3. The maximum atomic E-state index is 12.0. The molecule has 0 aromatic heterocycles. The van der Waals surface area contributed by atoms with Crippen molar-refractivity contribution in [1.82, 2.24) is 4.90 Å². The molecule has 2 aliphatic heterocycles. The van der Waals surface area contributed by atoms with Gasteiger partial charge in [0.2, 0.25) is 0 Å². The van der Waals surface area contributed by atoms with E-state index in [0.717, 1.165) is 17.8 Å². The number of rotatable bonds is 0. The molecule has 0 saturated carbocycles. The molecule has 0 atom stereocenters. The Labute approximate surface area is 118 Å². The van der Waals surface area contributed by atoms with E-state index in [4.69, 9.17) is 4.74 Å². The van der Waals surface area contributed by atoms with Crippen LogP contribution < -0.4 is 5.32 Å². The Morgan fingerprint density at radius 3 is 2.75 bits per heavy atom. The lowest BCUT2D eigenvalue weighted by Gasteiger charge is -2.47. The zero-order chi connectivity index (χ0) is 14.5. The minimum absolute atomic E-state index is 0.0784. The monoisotopic (exact) mass is 276 g/mol. The Hall–Kier alpha value is -1.91. The maximum Gasteiger partial charge on any atom is 0.410 e. The number of nitrogens with one attached hydrogen (secondary N) is 1. The first-order valence-electron chi connectivity index (χ1n) is 6.84. The lowest BCUT2D eigenvalue weighted by atomic mass is 9.75. The van der Waals surface area contributed by atoms with Crippen LogP contribution in [0.15, 0.2) is 18.2 Å². The Morgan fingerprint density at radius 1 is 1.40 bits per heavy atom. The van der Waals surface area contributed by atoms with Gasteiger partial charge in [-0.05, 0) is 44.5 Å². The number of amides is 1. The number of hydrogen-bond acceptors (Lipinski definition) is 4. The average molecular weight is 276 g/mol. The van der Waals surface area contributed by atoms with Gasteiger partial charge in [-0.15, -0.1) is 0 Å². The second kappa shape index (κ2) is 4.04. The fourth-order valence-electron chi connectivity index (χ4n) is 2.91. The van der Waals surface area contributed by atoms with Gasteiger partial charge in [-0.1, -0.05) is 0 Å². The number of anilines is 1. The molecule has 1 aromatic carbocycles. The van der Waals surface area contributed by atoms with Crippen molar-refractivity contribution < 1.29 is 14.6 Å². The summed E-state index contributed by atoms with van der Waals surface area (Å²) >= 11 is 0. The summed E-state index contributed by atoms with van der Waals surface area (Å²) in [7, 11) is 0. The van der Waals surface area contributed by atoms with Crippen LogP contribution in [0.2, 0.25) is 0 Å². The summed E-state index contributed by atoms with van der Waals surface area (Å²) in [5.74, 6) is 0.266. The molecule has 5 nitrogen and oxygen atoms in total. The molecule has 0 aliphatic carbocycles. The van der Waals surface area contributed by atoms with Crippen molar-refractivity contribution >= 4 is 11.8 Å². The third-order valence-electron chi connectivity index (χ3n) is 3.83. The molecular weight excluding hydrogens is 256 g/mol. The largest absolute Gasteiger partial charge is 0.508 e. The van der Waals surface area contributed by atoms with Crippen LogP contribution in [0.1, 0.15) is 26.3 Å². The number of carbonyl (C=O) groups is 1. The highest BCUT2D eigenvalue weighted by molar-refractivity contribution is 5.73. The van der Waals surface area contributed by atoms with Gasteiger partial charge in [-0.3, -0.25) is 0 Å². The highest BCUT2D eigenvalue weighted by atomic mass is 16.6. The van der Waals surface area contributed by atoms with Gasteiger partial charge in [0, 0.05) is 25.3 Å². The first-order chi connectivity index (χ1) is 9.29. The summed E-state index contributed by atoms with van der Waals surface area (Å²) in [6.45, 7) is 7.66. The number of fused-ring (bicyclic) bond motifs is 2. The van der Waals surface area contributed by atoms with Crippen LogP contribution in [0.5, 0.6) is 5.75 Å². The molecule has 2 heterocycles. The van der Waals surface area contributed by atoms with Crippen LogP contribution in [0.4, 0.5) is 10.5 Å². The number of phenols is 1. The Balaban J connectivity index is 1.72. The van der Waals surface area contributed by atoms with Crippen LogP contribution >= 0.6 is 0 Å².